The van der Waals surface area contributed by atoms with Crippen LogP contribution in [0.1, 0.15) is 18.7 Å². The highest BCUT2D eigenvalue weighted by atomic mass is 32.2. The molecule has 0 aromatic carbocycles. The molecule has 98 valence electrons. The Balaban J connectivity index is 2.32. The molecule has 0 amide bonds. The van der Waals surface area contributed by atoms with Crippen molar-refractivity contribution < 1.29 is 5.11 Å². The minimum atomic E-state index is 0.195. The molecule has 2 aromatic rings. The third kappa shape index (κ3) is 2.93. The van der Waals surface area contributed by atoms with Crippen LogP contribution in [0.2, 0.25) is 0 Å². The summed E-state index contributed by atoms with van der Waals surface area (Å²) in [6.07, 6.45) is 0.998. The van der Waals surface area contributed by atoms with E-state index in [0.29, 0.717) is 5.95 Å². The molecule has 0 bridgehead atoms. The molecule has 0 aliphatic heterocycles. The van der Waals surface area contributed by atoms with Crippen LogP contribution in [-0.2, 0) is 6.42 Å². The average molecular weight is 283 g/mol. The van der Waals surface area contributed by atoms with Gasteiger partial charge in [0.25, 0.3) is 0 Å². The van der Waals surface area contributed by atoms with Crippen LogP contribution in [0.15, 0.2) is 11.1 Å². The second-order valence-electron chi connectivity index (χ2n) is 4.27. The zero-order chi connectivity index (χ0) is 13.1. The number of fused-ring (bicyclic) bond motifs is 1. The van der Waals surface area contributed by atoms with Crippen LogP contribution in [0.5, 0.6) is 0 Å². The molecule has 2 rings (SSSR count). The van der Waals surface area contributed by atoms with Crippen LogP contribution in [0.4, 0.5) is 5.95 Å². The quantitative estimate of drug-likeness (QED) is 0.652. The van der Waals surface area contributed by atoms with Crippen LogP contribution in [0, 0.1) is 5.92 Å². The number of thiophene rings is 1. The van der Waals surface area contributed by atoms with Crippen molar-refractivity contribution in [2.45, 2.75) is 25.3 Å². The molecular weight excluding hydrogens is 266 g/mol. The maximum Gasteiger partial charge on any atom is 0.222 e. The van der Waals surface area contributed by atoms with E-state index < -0.39 is 0 Å². The topological polar surface area (TPSA) is 72.0 Å². The van der Waals surface area contributed by atoms with Gasteiger partial charge in [-0.3, -0.25) is 0 Å². The highest BCUT2D eigenvalue weighted by molar-refractivity contribution is 7.99. The Morgan fingerprint density at radius 3 is 2.94 bits per heavy atom. The summed E-state index contributed by atoms with van der Waals surface area (Å²) >= 11 is 3.31. The number of nitrogens with zero attached hydrogens (tertiary/aromatic N) is 2. The van der Waals surface area contributed by atoms with Crippen LogP contribution < -0.4 is 5.73 Å². The maximum absolute atomic E-state index is 9.05. The molecule has 6 heteroatoms. The minimum Gasteiger partial charge on any atom is -0.396 e. The number of rotatable bonds is 5. The summed E-state index contributed by atoms with van der Waals surface area (Å²) in [5, 5.41) is 11.1. The van der Waals surface area contributed by atoms with Crippen LogP contribution in [-0.4, -0.2) is 27.4 Å². The van der Waals surface area contributed by atoms with Gasteiger partial charge >= 0.3 is 0 Å². The first-order valence-corrected chi connectivity index (χ1v) is 7.73. The molecule has 3 N–H and O–H groups in total. The lowest BCUT2D eigenvalue weighted by atomic mass is 10.2. The molecular formula is C12H17N3OS2. The fraction of sp³-hybridized carbons (Fsp3) is 0.500. The third-order valence-corrected chi connectivity index (χ3v) is 5.08. The Bertz CT molecular complexity index is 541. The van der Waals surface area contributed by atoms with Gasteiger partial charge in [-0.1, -0.05) is 13.8 Å². The summed E-state index contributed by atoms with van der Waals surface area (Å²) in [5.41, 5.74) is 5.74. The van der Waals surface area contributed by atoms with Gasteiger partial charge in [0.05, 0.1) is 0 Å². The average Bonchev–Trinajstić information content (AvgIpc) is 2.78. The van der Waals surface area contributed by atoms with Crippen molar-refractivity contribution in [1.82, 2.24) is 9.97 Å². The minimum absolute atomic E-state index is 0.195. The van der Waals surface area contributed by atoms with Gasteiger partial charge in [0.2, 0.25) is 5.95 Å². The van der Waals surface area contributed by atoms with E-state index in [1.807, 2.05) is 6.92 Å². The third-order valence-electron chi connectivity index (χ3n) is 2.59. The molecule has 0 aliphatic carbocycles. The second-order valence-corrected chi connectivity index (χ2v) is 6.39. The Kier molecular flexibility index (Phi) is 4.42. The first-order valence-electron chi connectivity index (χ1n) is 5.93. The fourth-order valence-electron chi connectivity index (χ4n) is 1.52. The van der Waals surface area contributed by atoms with E-state index in [1.54, 1.807) is 23.1 Å². The van der Waals surface area contributed by atoms with Crippen LogP contribution in [0.3, 0.4) is 0 Å². The number of nitrogens with two attached hydrogens (primary N) is 1. The smallest absolute Gasteiger partial charge is 0.222 e. The lowest BCUT2D eigenvalue weighted by Crippen LogP contribution is -2.04. The number of aromatic nitrogens is 2. The summed E-state index contributed by atoms with van der Waals surface area (Å²) in [4.78, 5) is 10.8. The van der Waals surface area contributed by atoms with Gasteiger partial charge in [0.1, 0.15) is 9.86 Å². The predicted molar refractivity (Wildman–Crippen MR) is 78.2 cm³/mol. The second kappa shape index (κ2) is 5.86. The van der Waals surface area contributed by atoms with E-state index in [-0.39, 0.29) is 12.5 Å². The molecule has 18 heavy (non-hydrogen) atoms. The Morgan fingerprint density at radius 2 is 2.28 bits per heavy atom. The Morgan fingerprint density at radius 1 is 1.50 bits per heavy atom. The number of nitrogen functional groups attached to an aromatic ring is 1. The Hall–Kier alpha value is -0.850. The summed E-state index contributed by atoms with van der Waals surface area (Å²) < 4.78 is 0. The maximum atomic E-state index is 9.05. The number of anilines is 1. The first-order chi connectivity index (χ1) is 8.63. The molecule has 2 heterocycles. The number of thioether (sulfide) groups is 1. The van der Waals surface area contributed by atoms with Crippen molar-refractivity contribution in [3.8, 4) is 0 Å². The number of aliphatic hydroxyl groups is 1. The van der Waals surface area contributed by atoms with E-state index in [1.165, 1.54) is 4.88 Å². The molecule has 0 radical (unpaired) electrons. The summed E-state index contributed by atoms with van der Waals surface area (Å²) in [7, 11) is 0. The van der Waals surface area contributed by atoms with Crippen molar-refractivity contribution in [3.63, 3.8) is 0 Å². The van der Waals surface area contributed by atoms with E-state index in [0.717, 1.165) is 27.4 Å². The lowest BCUT2D eigenvalue weighted by Gasteiger charge is -2.07. The molecule has 4 nitrogen and oxygen atoms in total. The SMILES string of the molecule is CCc1cc2c(SCC(C)CO)nc(N)nc2s1. The van der Waals surface area contributed by atoms with Gasteiger partial charge in [-0.15, -0.1) is 23.1 Å². The monoisotopic (exact) mass is 283 g/mol. The predicted octanol–water partition coefficient (Wildman–Crippen LogP) is 2.56. The van der Waals surface area contributed by atoms with Gasteiger partial charge in [-0.2, -0.15) is 0 Å². The molecule has 0 saturated carbocycles. The normalized spacial score (nSPS) is 13.1. The van der Waals surface area contributed by atoms with Crippen molar-refractivity contribution >= 4 is 39.3 Å². The summed E-state index contributed by atoms with van der Waals surface area (Å²) in [6, 6.07) is 2.14. The van der Waals surface area contributed by atoms with E-state index in [2.05, 4.69) is 23.0 Å². The van der Waals surface area contributed by atoms with E-state index in [4.69, 9.17) is 10.8 Å². The number of aliphatic hydroxyl groups excluding tert-OH is 1. The molecule has 2 aromatic heterocycles. The fourth-order valence-corrected chi connectivity index (χ4v) is 3.57. The van der Waals surface area contributed by atoms with Gasteiger partial charge in [-0.05, 0) is 18.4 Å². The van der Waals surface area contributed by atoms with Crippen molar-refractivity contribution in [2.24, 2.45) is 5.92 Å². The molecule has 0 spiro atoms. The molecule has 1 unspecified atom stereocenters. The van der Waals surface area contributed by atoms with E-state index in [9.17, 15) is 0 Å². The van der Waals surface area contributed by atoms with Gasteiger partial charge in [0, 0.05) is 22.6 Å². The Labute approximate surface area is 115 Å². The zero-order valence-corrected chi connectivity index (χ0v) is 12.1. The van der Waals surface area contributed by atoms with Crippen molar-refractivity contribution in [3.05, 3.63) is 10.9 Å². The highest BCUT2D eigenvalue weighted by Gasteiger charge is 2.12. The number of aryl methyl sites for hydroxylation is 1. The number of hydrogen-bond donors (Lipinski definition) is 2. The largest absolute Gasteiger partial charge is 0.396 e. The van der Waals surface area contributed by atoms with Gasteiger partial charge in [-0.25, -0.2) is 9.97 Å². The number of hydrogen-bond acceptors (Lipinski definition) is 6. The lowest BCUT2D eigenvalue weighted by molar-refractivity contribution is 0.250. The van der Waals surface area contributed by atoms with Crippen molar-refractivity contribution in [2.75, 3.05) is 18.1 Å². The van der Waals surface area contributed by atoms with E-state index >= 15 is 0 Å². The summed E-state index contributed by atoms with van der Waals surface area (Å²) in [5.74, 6) is 1.41. The molecule has 1 atom stereocenters. The van der Waals surface area contributed by atoms with Gasteiger partial charge < -0.3 is 10.8 Å². The molecule has 0 aliphatic rings. The van der Waals surface area contributed by atoms with Gasteiger partial charge in [0.15, 0.2) is 0 Å². The highest BCUT2D eigenvalue weighted by Crippen LogP contribution is 2.32. The standard InChI is InChI=1S/C12H17N3OS2/c1-3-8-4-9-10(17-6-7(2)5-16)14-12(13)15-11(9)18-8/h4,7,16H,3,5-6H2,1-2H3,(H2,13,14,15). The van der Waals surface area contributed by atoms with Crippen molar-refractivity contribution in [1.29, 1.82) is 0 Å². The zero-order valence-electron chi connectivity index (χ0n) is 10.5. The molecule has 0 fully saturated rings. The summed E-state index contributed by atoms with van der Waals surface area (Å²) in [6.45, 7) is 4.34. The van der Waals surface area contributed by atoms with Crippen LogP contribution >= 0.6 is 23.1 Å². The molecule has 0 saturated heterocycles. The van der Waals surface area contributed by atoms with Crippen LogP contribution in [0.25, 0.3) is 10.2 Å². The first kappa shape index (κ1) is 13.6.